The lowest BCUT2D eigenvalue weighted by molar-refractivity contribution is 0.306. The van der Waals surface area contributed by atoms with E-state index in [1.54, 1.807) is 10.6 Å². The highest BCUT2D eigenvalue weighted by Gasteiger charge is 2.14. The quantitative estimate of drug-likeness (QED) is 0.688. The molecule has 3 aromatic rings. The first kappa shape index (κ1) is 13.2. The van der Waals surface area contributed by atoms with Crippen molar-refractivity contribution in [1.82, 2.24) is 14.6 Å². The fourth-order valence-electron chi connectivity index (χ4n) is 1.95. The molecule has 0 atom stereocenters. The van der Waals surface area contributed by atoms with Crippen molar-refractivity contribution in [3.63, 3.8) is 0 Å². The number of hydrogen-bond acceptors (Lipinski definition) is 3. The normalized spacial score (nSPS) is 10.9. The number of benzene rings is 1. The lowest BCUT2D eigenvalue weighted by Crippen LogP contribution is -1.98. The third kappa shape index (κ3) is 2.44. The van der Waals surface area contributed by atoms with Gasteiger partial charge in [-0.2, -0.15) is 5.10 Å². The number of ether oxygens (including phenoxy) is 1. The van der Waals surface area contributed by atoms with Gasteiger partial charge in [0.15, 0.2) is 5.65 Å². The van der Waals surface area contributed by atoms with Crippen LogP contribution in [0.4, 0.5) is 0 Å². The van der Waals surface area contributed by atoms with Crippen LogP contribution in [-0.2, 0) is 6.61 Å². The van der Waals surface area contributed by atoms with Crippen LogP contribution in [0.15, 0.2) is 36.4 Å². The molecule has 6 heteroatoms. The first-order valence-corrected chi connectivity index (χ1v) is 6.79. The maximum Gasteiger partial charge on any atom is 0.165 e. The predicted octanol–water partition coefficient (Wildman–Crippen LogP) is 3.92. The summed E-state index contributed by atoms with van der Waals surface area (Å²) in [6.45, 7) is 2.26. The van der Waals surface area contributed by atoms with Gasteiger partial charge in [-0.25, -0.2) is 9.50 Å². The molecule has 0 amide bonds. The number of nitrogens with zero attached hydrogens (tertiary/aromatic N) is 3. The molecule has 0 bridgehead atoms. The average Bonchev–Trinajstić information content (AvgIpc) is 2.74. The molecule has 1 aromatic carbocycles. The third-order valence-corrected chi connectivity index (χ3v) is 3.40. The van der Waals surface area contributed by atoms with E-state index in [-0.39, 0.29) is 0 Å². The van der Waals surface area contributed by atoms with Gasteiger partial charge >= 0.3 is 0 Å². The Morgan fingerprint density at radius 1 is 1.20 bits per heavy atom. The molecule has 0 saturated carbocycles. The van der Waals surface area contributed by atoms with Crippen LogP contribution in [0.2, 0.25) is 10.3 Å². The fourth-order valence-corrected chi connectivity index (χ4v) is 2.41. The summed E-state index contributed by atoms with van der Waals surface area (Å²) in [5.41, 5.74) is 2.31. The van der Waals surface area contributed by atoms with E-state index < -0.39 is 0 Å². The lowest BCUT2D eigenvalue weighted by Gasteiger charge is -2.05. The predicted molar refractivity (Wildman–Crippen MR) is 78.5 cm³/mol. The first-order valence-electron chi connectivity index (χ1n) is 6.03. The van der Waals surface area contributed by atoms with Crippen LogP contribution < -0.4 is 4.74 Å². The monoisotopic (exact) mass is 307 g/mol. The maximum absolute atomic E-state index is 6.10. The SMILES string of the molecule is Cc1nn2c(Cl)cc(Cl)nc2c1COc1ccccc1. The van der Waals surface area contributed by atoms with Gasteiger partial charge < -0.3 is 4.74 Å². The molecule has 0 radical (unpaired) electrons. The summed E-state index contributed by atoms with van der Waals surface area (Å²) in [6.07, 6.45) is 0. The van der Waals surface area contributed by atoms with Crippen LogP contribution in [0.5, 0.6) is 5.75 Å². The van der Waals surface area contributed by atoms with Gasteiger partial charge in [-0.3, -0.25) is 0 Å². The summed E-state index contributed by atoms with van der Waals surface area (Å²) in [7, 11) is 0. The molecule has 3 rings (SSSR count). The van der Waals surface area contributed by atoms with Crippen LogP contribution in [0, 0.1) is 6.92 Å². The molecule has 0 aliphatic rings. The summed E-state index contributed by atoms with van der Waals surface area (Å²) in [5, 5.41) is 5.11. The molecule has 0 unspecified atom stereocenters. The topological polar surface area (TPSA) is 39.4 Å². The van der Waals surface area contributed by atoms with E-state index in [0.29, 0.717) is 22.6 Å². The van der Waals surface area contributed by atoms with E-state index >= 15 is 0 Å². The minimum absolute atomic E-state index is 0.336. The molecule has 0 aliphatic heterocycles. The van der Waals surface area contributed by atoms with Gasteiger partial charge in [-0.15, -0.1) is 0 Å². The van der Waals surface area contributed by atoms with Crippen molar-refractivity contribution in [2.45, 2.75) is 13.5 Å². The zero-order valence-corrected chi connectivity index (χ0v) is 12.2. The smallest absolute Gasteiger partial charge is 0.165 e. The van der Waals surface area contributed by atoms with E-state index in [1.165, 1.54) is 0 Å². The van der Waals surface area contributed by atoms with Gasteiger partial charge in [0.25, 0.3) is 0 Å². The minimum Gasteiger partial charge on any atom is -0.489 e. The summed E-state index contributed by atoms with van der Waals surface area (Å²) in [4.78, 5) is 4.27. The van der Waals surface area contributed by atoms with Crippen LogP contribution >= 0.6 is 23.2 Å². The van der Waals surface area contributed by atoms with Crippen molar-refractivity contribution in [3.8, 4) is 5.75 Å². The molecular formula is C14H11Cl2N3O. The molecule has 0 aliphatic carbocycles. The van der Waals surface area contributed by atoms with Gasteiger partial charge in [-0.05, 0) is 19.1 Å². The largest absolute Gasteiger partial charge is 0.489 e. The minimum atomic E-state index is 0.336. The van der Waals surface area contributed by atoms with Gasteiger partial charge in [0.2, 0.25) is 0 Å². The third-order valence-electron chi connectivity index (χ3n) is 2.94. The number of aryl methyl sites for hydroxylation is 1. The first-order chi connectivity index (χ1) is 9.65. The van der Waals surface area contributed by atoms with Crippen molar-refractivity contribution in [3.05, 3.63) is 58.0 Å². The highest BCUT2D eigenvalue weighted by Crippen LogP contribution is 2.22. The van der Waals surface area contributed by atoms with Gasteiger partial charge in [0.1, 0.15) is 22.7 Å². The molecule has 0 N–H and O–H groups in total. The molecule has 4 nitrogen and oxygen atoms in total. The Bertz CT molecular complexity index is 756. The van der Waals surface area contributed by atoms with Crippen molar-refractivity contribution >= 4 is 28.8 Å². The zero-order chi connectivity index (χ0) is 14.1. The van der Waals surface area contributed by atoms with E-state index in [2.05, 4.69) is 10.1 Å². The van der Waals surface area contributed by atoms with Crippen LogP contribution in [-0.4, -0.2) is 14.6 Å². The Balaban J connectivity index is 1.97. The molecule has 20 heavy (non-hydrogen) atoms. The number of rotatable bonds is 3. The lowest BCUT2D eigenvalue weighted by atomic mass is 10.2. The van der Waals surface area contributed by atoms with Gasteiger partial charge in [-0.1, -0.05) is 41.4 Å². The van der Waals surface area contributed by atoms with Crippen molar-refractivity contribution in [1.29, 1.82) is 0 Å². The van der Waals surface area contributed by atoms with E-state index in [4.69, 9.17) is 27.9 Å². The number of hydrogen-bond donors (Lipinski definition) is 0. The molecule has 0 saturated heterocycles. The van der Waals surface area contributed by atoms with E-state index in [1.807, 2.05) is 37.3 Å². The Morgan fingerprint density at radius 2 is 1.95 bits per heavy atom. The maximum atomic E-state index is 6.10. The van der Waals surface area contributed by atoms with Crippen molar-refractivity contribution < 1.29 is 4.74 Å². The van der Waals surface area contributed by atoms with Crippen LogP contribution in [0.25, 0.3) is 5.65 Å². The number of halogens is 2. The Morgan fingerprint density at radius 3 is 2.70 bits per heavy atom. The fraction of sp³-hybridized carbons (Fsp3) is 0.143. The summed E-state index contributed by atoms with van der Waals surface area (Å²) in [5.74, 6) is 0.791. The van der Waals surface area contributed by atoms with Crippen LogP contribution in [0.3, 0.4) is 0 Å². The number of fused-ring (bicyclic) bond motifs is 1. The molecular weight excluding hydrogens is 297 g/mol. The van der Waals surface area contributed by atoms with Gasteiger partial charge in [0.05, 0.1) is 11.3 Å². The summed E-state index contributed by atoms with van der Waals surface area (Å²) in [6, 6.07) is 11.1. The Kier molecular flexibility index (Phi) is 3.51. The molecule has 0 spiro atoms. The van der Waals surface area contributed by atoms with Crippen molar-refractivity contribution in [2.75, 3.05) is 0 Å². The molecule has 2 aromatic heterocycles. The molecule has 102 valence electrons. The van der Waals surface area contributed by atoms with Crippen molar-refractivity contribution in [2.24, 2.45) is 0 Å². The number of aromatic nitrogens is 3. The second kappa shape index (κ2) is 5.31. The van der Waals surface area contributed by atoms with Crippen LogP contribution in [0.1, 0.15) is 11.3 Å². The second-order valence-electron chi connectivity index (χ2n) is 4.30. The van der Waals surface area contributed by atoms with E-state index in [0.717, 1.165) is 17.0 Å². The van der Waals surface area contributed by atoms with Gasteiger partial charge in [0, 0.05) is 6.07 Å². The highest BCUT2D eigenvalue weighted by atomic mass is 35.5. The number of para-hydroxylation sites is 1. The summed E-state index contributed by atoms with van der Waals surface area (Å²) < 4.78 is 7.30. The molecule has 0 fully saturated rings. The average molecular weight is 308 g/mol. The standard InChI is InChI=1S/C14H11Cl2N3O/c1-9-11(8-20-10-5-3-2-4-6-10)14-17-12(15)7-13(16)19(14)18-9/h2-7H,8H2,1H3. The Labute approximate surface area is 125 Å². The van der Waals surface area contributed by atoms with E-state index in [9.17, 15) is 0 Å². The second-order valence-corrected chi connectivity index (χ2v) is 5.08. The molecule has 2 heterocycles. The highest BCUT2D eigenvalue weighted by molar-refractivity contribution is 6.33. The summed E-state index contributed by atoms with van der Waals surface area (Å²) >= 11 is 12.0. The zero-order valence-electron chi connectivity index (χ0n) is 10.7. The Hall–Kier alpha value is -1.78.